The Kier molecular flexibility index (Phi) is 15.0. The first-order valence-electron chi connectivity index (χ1n) is 3.40. The summed E-state index contributed by atoms with van der Waals surface area (Å²) in [7, 11) is 0. The Hall–Kier alpha value is -0.701. The van der Waals surface area contributed by atoms with E-state index in [9.17, 15) is 9.59 Å². The Balaban J connectivity index is -0.000000180. The van der Waals surface area contributed by atoms with Crippen molar-refractivity contribution in [3.63, 3.8) is 0 Å². The molecule has 0 amide bonds. The van der Waals surface area contributed by atoms with Crippen molar-refractivity contribution in [3.8, 4) is 0 Å². The van der Waals surface area contributed by atoms with Gasteiger partial charge in [0.25, 0.3) is 0 Å². The summed E-state index contributed by atoms with van der Waals surface area (Å²) in [5, 5.41) is 47.5. The largest absolute Gasteiger partial charge is 0.479 e. The van der Waals surface area contributed by atoms with Crippen LogP contribution >= 0.6 is 0 Å². The van der Waals surface area contributed by atoms with Gasteiger partial charge in [-0.25, -0.2) is 9.59 Å². The van der Waals surface area contributed by atoms with Crippen LogP contribution in [0.25, 0.3) is 0 Å². The molecule has 0 spiro atoms. The van der Waals surface area contributed by atoms with Gasteiger partial charge in [0, 0.05) is 17.1 Å². The van der Waals surface area contributed by atoms with Crippen LogP contribution in [0.3, 0.4) is 0 Å². The van der Waals surface area contributed by atoms with Gasteiger partial charge in [0.2, 0.25) is 0 Å². The molecule has 0 aromatic rings. The molecule has 6 N–H and O–H groups in total. The second kappa shape index (κ2) is 11.4. The van der Waals surface area contributed by atoms with E-state index in [2.05, 4.69) is 0 Å². The first-order chi connectivity index (χ1) is 6.36. The molecule has 15 heavy (non-hydrogen) atoms. The van der Waals surface area contributed by atoms with Crippen molar-refractivity contribution in [2.24, 2.45) is 0 Å². The quantitative estimate of drug-likeness (QED) is 0.294. The molecule has 0 bridgehead atoms. The molecule has 0 saturated heterocycles. The monoisotopic (exact) mass is 275 g/mol. The van der Waals surface area contributed by atoms with E-state index >= 15 is 0 Å². The number of carboxylic acids is 2. The van der Waals surface area contributed by atoms with Crippen molar-refractivity contribution in [1.82, 2.24) is 0 Å². The van der Waals surface area contributed by atoms with Gasteiger partial charge in [-0.1, -0.05) is 0 Å². The fraction of sp³-hybridized carbons (Fsp3) is 0.667. The van der Waals surface area contributed by atoms with Crippen LogP contribution in [0.15, 0.2) is 0 Å². The molecule has 0 aliphatic heterocycles. The Labute approximate surface area is 95.3 Å². The van der Waals surface area contributed by atoms with Crippen molar-refractivity contribution >= 4 is 11.9 Å². The molecule has 0 aromatic heterocycles. The summed E-state index contributed by atoms with van der Waals surface area (Å²) >= 11 is 0. The molecule has 0 aromatic carbocycles. The molecule has 0 fully saturated rings. The summed E-state index contributed by atoms with van der Waals surface area (Å²) in [4.78, 5) is 19.0. The minimum absolute atomic E-state index is 0. The summed E-state index contributed by atoms with van der Waals surface area (Å²) in [5.74, 6) is -2.80. The van der Waals surface area contributed by atoms with Crippen LogP contribution in [0.4, 0.5) is 0 Å². The maximum absolute atomic E-state index is 9.52. The number of aliphatic carboxylic acids is 2. The topological polar surface area (TPSA) is 156 Å². The molecule has 0 aliphatic rings. The van der Waals surface area contributed by atoms with E-state index in [1.807, 2.05) is 0 Å². The Bertz CT molecular complexity index is 164. The molecular formula is C6H12CuO8. The second-order valence-electron chi connectivity index (χ2n) is 2.07. The number of hydrogen-bond acceptors (Lipinski definition) is 6. The third kappa shape index (κ3) is 13.3. The van der Waals surface area contributed by atoms with Crippen LogP contribution in [0.5, 0.6) is 0 Å². The predicted octanol–water partition coefficient (Wildman–Crippen LogP) is -3.15. The maximum Gasteiger partial charge on any atom is 0.334 e. The minimum atomic E-state index is -1.63. The molecule has 2 atom stereocenters. The average Bonchev–Trinajstić information content (AvgIpc) is 2.15. The number of aliphatic hydroxyl groups excluding tert-OH is 4. The minimum Gasteiger partial charge on any atom is -0.479 e. The predicted molar refractivity (Wildman–Crippen MR) is 41.5 cm³/mol. The van der Waals surface area contributed by atoms with Gasteiger partial charge in [0.05, 0.1) is 13.2 Å². The molecule has 8 nitrogen and oxygen atoms in total. The van der Waals surface area contributed by atoms with Crippen LogP contribution < -0.4 is 0 Å². The summed E-state index contributed by atoms with van der Waals surface area (Å²) < 4.78 is 0. The van der Waals surface area contributed by atoms with Crippen molar-refractivity contribution < 1.29 is 57.3 Å². The zero-order chi connectivity index (χ0) is 11.7. The fourth-order valence-corrected chi connectivity index (χ4v) is 0.156. The molecule has 95 valence electrons. The number of rotatable bonds is 4. The smallest absolute Gasteiger partial charge is 0.334 e. The number of carboxylic acid groups (broad SMARTS) is 2. The SMILES string of the molecule is O=C(O)C(O)CO.O=C(O)C(O)CO.[Cu]. The van der Waals surface area contributed by atoms with Crippen LogP contribution in [-0.2, 0) is 26.7 Å². The first-order valence-corrected chi connectivity index (χ1v) is 3.40. The van der Waals surface area contributed by atoms with E-state index in [-0.39, 0.29) is 17.1 Å². The van der Waals surface area contributed by atoms with E-state index in [1.165, 1.54) is 0 Å². The van der Waals surface area contributed by atoms with Gasteiger partial charge >= 0.3 is 11.9 Å². The second-order valence-corrected chi connectivity index (χ2v) is 2.07. The van der Waals surface area contributed by atoms with Crippen LogP contribution in [0.1, 0.15) is 0 Å². The average molecular weight is 276 g/mol. The number of aliphatic hydroxyl groups is 4. The Morgan fingerprint density at radius 2 is 1.07 bits per heavy atom. The fourth-order valence-electron chi connectivity index (χ4n) is 0.156. The summed E-state index contributed by atoms with van der Waals surface area (Å²) in [6, 6.07) is 0. The third-order valence-corrected chi connectivity index (χ3v) is 0.916. The molecule has 2 unspecified atom stereocenters. The number of hydrogen-bond donors (Lipinski definition) is 6. The van der Waals surface area contributed by atoms with E-state index < -0.39 is 37.4 Å². The summed E-state index contributed by atoms with van der Waals surface area (Å²) in [6.45, 7) is -1.45. The van der Waals surface area contributed by atoms with Gasteiger partial charge in [-0.05, 0) is 0 Å². The van der Waals surface area contributed by atoms with E-state index in [4.69, 9.17) is 30.6 Å². The molecule has 9 heteroatoms. The molecule has 0 aliphatic carbocycles. The van der Waals surface area contributed by atoms with Gasteiger partial charge in [-0.3, -0.25) is 0 Å². The summed E-state index contributed by atoms with van der Waals surface area (Å²) in [6.07, 6.45) is -3.25. The van der Waals surface area contributed by atoms with Gasteiger partial charge < -0.3 is 30.6 Å². The van der Waals surface area contributed by atoms with Crippen molar-refractivity contribution in [3.05, 3.63) is 0 Å². The van der Waals surface area contributed by atoms with Gasteiger partial charge in [0.15, 0.2) is 12.2 Å². The van der Waals surface area contributed by atoms with Crippen LogP contribution in [0, 0.1) is 0 Å². The van der Waals surface area contributed by atoms with Crippen LogP contribution in [-0.4, -0.2) is 68.0 Å². The number of carbonyl (C=O) groups is 2. The van der Waals surface area contributed by atoms with E-state index in [0.29, 0.717) is 0 Å². The standard InChI is InChI=1S/2C3H6O4.Cu/c2*4-1-2(5)3(6)7;/h2*2,4-5H,1H2,(H,6,7);. The van der Waals surface area contributed by atoms with Crippen LogP contribution in [0.2, 0.25) is 0 Å². The molecule has 1 radical (unpaired) electrons. The van der Waals surface area contributed by atoms with Crippen molar-refractivity contribution in [2.75, 3.05) is 13.2 Å². The normalized spacial score (nSPS) is 12.5. The first kappa shape index (κ1) is 19.8. The van der Waals surface area contributed by atoms with Gasteiger partial charge in [0.1, 0.15) is 0 Å². The van der Waals surface area contributed by atoms with E-state index in [0.717, 1.165) is 0 Å². The zero-order valence-corrected chi connectivity index (χ0v) is 8.31. The molecule has 0 rings (SSSR count). The zero-order valence-electron chi connectivity index (χ0n) is 7.37. The molecule has 0 saturated carbocycles. The molecule has 0 heterocycles. The van der Waals surface area contributed by atoms with E-state index in [1.54, 1.807) is 0 Å². The van der Waals surface area contributed by atoms with Gasteiger partial charge in [-0.2, -0.15) is 0 Å². The maximum atomic E-state index is 9.52. The summed E-state index contributed by atoms with van der Waals surface area (Å²) in [5.41, 5.74) is 0. The Morgan fingerprint density at radius 3 is 1.07 bits per heavy atom. The van der Waals surface area contributed by atoms with Gasteiger partial charge in [-0.15, -0.1) is 0 Å². The third-order valence-electron chi connectivity index (χ3n) is 0.916. The Morgan fingerprint density at radius 1 is 0.867 bits per heavy atom. The van der Waals surface area contributed by atoms with Crippen molar-refractivity contribution in [1.29, 1.82) is 0 Å². The van der Waals surface area contributed by atoms with Crippen molar-refractivity contribution in [2.45, 2.75) is 12.2 Å². The molecular weight excluding hydrogens is 264 g/mol.